The van der Waals surface area contributed by atoms with Crippen molar-refractivity contribution in [3.63, 3.8) is 0 Å². The van der Waals surface area contributed by atoms with Gasteiger partial charge in [0.2, 0.25) is 0 Å². The van der Waals surface area contributed by atoms with Gasteiger partial charge in [-0.25, -0.2) is 0 Å². The van der Waals surface area contributed by atoms with Crippen molar-refractivity contribution in [1.82, 2.24) is 15.1 Å². The molecule has 7 heteroatoms. The number of aryl methyl sites for hydroxylation is 1. The Bertz CT molecular complexity index is 1280. The molecule has 1 aliphatic heterocycles. The molecular formula is C26H25N3O4. The third kappa shape index (κ3) is 3.65. The van der Waals surface area contributed by atoms with Crippen molar-refractivity contribution in [2.45, 2.75) is 26.4 Å². The average Bonchev–Trinajstić information content (AvgIpc) is 3.55. The highest BCUT2D eigenvalue weighted by Gasteiger charge is 2.42. The molecule has 2 aromatic heterocycles. The van der Waals surface area contributed by atoms with Gasteiger partial charge in [-0.1, -0.05) is 35.9 Å². The van der Waals surface area contributed by atoms with E-state index < -0.39 is 0 Å². The van der Waals surface area contributed by atoms with Crippen molar-refractivity contribution in [2.75, 3.05) is 13.7 Å². The Morgan fingerprint density at radius 2 is 1.94 bits per heavy atom. The van der Waals surface area contributed by atoms with Crippen molar-refractivity contribution in [3.05, 3.63) is 89.0 Å². The molecule has 1 amide bonds. The second-order valence-corrected chi connectivity index (χ2v) is 7.99. The molecule has 0 aliphatic carbocycles. The summed E-state index contributed by atoms with van der Waals surface area (Å²) in [4.78, 5) is 15.3. The summed E-state index contributed by atoms with van der Waals surface area (Å²) in [6, 6.07) is 17.3. The molecular weight excluding hydrogens is 418 g/mol. The first kappa shape index (κ1) is 20.9. The number of hydrogen-bond donors (Lipinski definition) is 1. The molecule has 0 bridgehead atoms. The maximum absolute atomic E-state index is 13.5. The zero-order valence-electron chi connectivity index (χ0n) is 18.8. The van der Waals surface area contributed by atoms with E-state index in [1.165, 1.54) is 0 Å². The predicted octanol–water partition coefficient (Wildman–Crippen LogP) is 5.13. The summed E-state index contributed by atoms with van der Waals surface area (Å²) in [6.45, 7) is 4.84. The summed E-state index contributed by atoms with van der Waals surface area (Å²) in [5.41, 5.74) is 5.13. The molecule has 0 saturated carbocycles. The lowest BCUT2D eigenvalue weighted by Crippen LogP contribution is -2.29. The number of benzene rings is 2. The van der Waals surface area contributed by atoms with Crippen LogP contribution in [0.2, 0.25) is 0 Å². The zero-order valence-corrected chi connectivity index (χ0v) is 18.8. The first-order chi connectivity index (χ1) is 16.1. The van der Waals surface area contributed by atoms with Gasteiger partial charge in [-0.15, -0.1) is 0 Å². The Labute approximate surface area is 191 Å². The van der Waals surface area contributed by atoms with Crippen LogP contribution < -0.4 is 9.47 Å². The fourth-order valence-electron chi connectivity index (χ4n) is 4.34. The van der Waals surface area contributed by atoms with Crippen LogP contribution in [0.3, 0.4) is 0 Å². The minimum absolute atomic E-state index is 0.120. The second-order valence-electron chi connectivity index (χ2n) is 7.99. The topological polar surface area (TPSA) is 80.6 Å². The maximum Gasteiger partial charge on any atom is 0.273 e. The summed E-state index contributed by atoms with van der Waals surface area (Å²) >= 11 is 0. The summed E-state index contributed by atoms with van der Waals surface area (Å²) in [5, 5.41) is 7.52. The number of furan rings is 1. The number of methoxy groups -OCH3 is 1. The number of ether oxygens (including phenoxy) is 2. The average molecular weight is 444 g/mol. The summed E-state index contributed by atoms with van der Waals surface area (Å²) in [5.74, 6) is 1.87. The van der Waals surface area contributed by atoms with Gasteiger partial charge >= 0.3 is 0 Å². The van der Waals surface area contributed by atoms with Crippen LogP contribution in [0, 0.1) is 6.92 Å². The van der Waals surface area contributed by atoms with Gasteiger partial charge in [-0.05, 0) is 43.7 Å². The number of aromatic nitrogens is 2. The number of hydrogen-bond acceptors (Lipinski definition) is 5. The summed E-state index contributed by atoms with van der Waals surface area (Å²) in [6.07, 6.45) is 1.61. The highest BCUT2D eigenvalue weighted by molar-refractivity contribution is 6.00. The van der Waals surface area contributed by atoms with Crippen molar-refractivity contribution in [1.29, 1.82) is 0 Å². The van der Waals surface area contributed by atoms with E-state index in [4.69, 9.17) is 13.9 Å². The number of H-pyrrole nitrogens is 1. The van der Waals surface area contributed by atoms with E-state index in [1.54, 1.807) is 18.3 Å². The Balaban J connectivity index is 1.65. The standard InChI is InChI=1S/C26H25N3O4/c1-4-32-20-12-11-18(14-21(20)31-3)25-22-23(17-9-7-16(2)8-10-17)27-28-24(22)26(30)29(25)15-19-6-5-13-33-19/h5-14,25H,4,15H2,1-3H3,(H,27,28). The van der Waals surface area contributed by atoms with Crippen LogP contribution in [0.15, 0.2) is 65.3 Å². The minimum Gasteiger partial charge on any atom is -0.493 e. The van der Waals surface area contributed by atoms with E-state index >= 15 is 0 Å². The lowest BCUT2D eigenvalue weighted by molar-refractivity contribution is 0.0716. The molecule has 1 unspecified atom stereocenters. The fraction of sp³-hybridized carbons (Fsp3) is 0.231. The third-order valence-corrected chi connectivity index (χ3v) is 5.90. The Morgan fingerprint density at radius 1 is 1.12 bits per heavy atom. The number of amides is 1. The second kappa shape index (κ2) is 8.50. The van der Waals surface area contributed by atoms with E-state index in [0.717, 1.165) is 27.9 Å². The largest absolute Gasteiger partial charge is 0.493 e. The highest BCUT2D eigenvalue weighted by Crippen LogP contribution is 2.45. The molecule has 33 heavy (non-hydrogen) atoms. The molecule has 0 spiro atoms. The molecule has 5 rings (SSSR count). The van der Waals surface area contributed by atoms with Gasteiger partial charge < -0.3 is 18.8 Å². The van der Waals surface area contributed by atoms with Gasteiger partial charge in [-0.2, -0.15) is 5.10 Å². The smallest absolute Gasteiger partial charge is 0.273 e. The van der Waals surface area contributed by atoms with Crippen LogP contribution in [0.25, 0.3) is 11.3 Å². The number of carbonyl (C=O) groups excluding carboxylic acids is 1. The van der Waals surface area contributed by atoms with Gasteiger partial charge in [0.15, 0.2) is 11.5 Å². The number of fused-ring (bicyclic) bond motifs is 1. The Kier molecular flexibility index (Phi) is 5.38. The quantitative estimate of drug-likeness (QED) is 0.428. The number of nitrogens with zero attached hydrogens (tertiary/aromatic N) is 2. The molecule has 1 N–H and O–H groups in total. The highest BCUT2D eigenvalue weighted by atomic mass is 16.5. The van der Waals surface area contributed by atoms with Gasteiger partial charge in [0, 0.05) is 11.1 Å². The molecule has 0 saturated heterocycles. The van der Waals surface area contributed by atoms with Crippen LogP contribution in [-0.2, 0) is 6.54 Å². The molecule has 2 aromatic carbocycles. The normalized spacial score (nSPS) is 15.1. The van der Waals surface area contributed by atoms with E-state index in [0.29, 0.717) is 36.1 Å². The van der Waals surface area contributed by atoms with Crippen LogP contribution >= 0.6 is 0 Å². The van der Waals surface area contributed by atoms with E-state index in [9.17, 15) is 4.79 Å². The van der Waals surface area contributed by atoms with Crippen LogP contribution in [0.1, 0.15) is 45.9 Å². The van der Waals surface area contributed by atoms with Gasteiger partial charge in [0.1, 0.15) is 11.5 Å². The van der Waals surface area contributed by atoms with Crippen LogP contribution in [-0.4, -0.2) is 34.7 Å². The molecule has 7 nitrogen and oxygen atoms in total. The van der Waals surface area contributed by atoms with Crippen LogP contribution in [0.5, 0.6) is 11.5 Å². The summed E-state index contributed by atoms with van der Waals surface area (Å²) in [7, 11) is 1.61. The van der Waals surface area contributed by atoms with Crippen molar-refractivity contribution < 1.29 is 18.7 Å². The van der Waals surface area contributed by atoms with Crippen LogP contribution in [0.4, 0.5) is 0 Å². The van der Waals surface area contributed by atoms with Gasteiger partial charge in [-0.3, -0.25) is 9.89 Å². The molecule has 0 fully saturated rings. The maximum atomic E-state index is 13.5. The Hall–Kier alpha value is -4.00. The number of carbonyl (C=O) groups is 1. The van der Waals surface area contributed by atoms with Crippen molar-refractivity contribution in [2.24, 2.45) is 0 Å². The molecule has 168 valence electrons. The lowest BCUT2D eigenvalue weighted by atomic mass is 9.95. The van der Waals surface area contributed by atoms with E-state index in [1.807, 2.05) is 68.4 Å². The van der Waals surface area contributed by atoms with E-state index in [-0.39, 0.29) is 11.9 Å². The van der Waals surface area contributed by atoms with Gasteiger partial charge in [0.05, 0.1) is 38.3 Å². The SMILES string of the molecule is CCOc1ccc(C2c3c(-c4ccc(C)cc4)n[nH]c3C(=O)N2Cc2ccco2)cc1OC. The Morgan fingerprint density at radius 3 is 2.64 bits per heavy atom. The number of aromatic amines is 1. The zero-order chi connectivity index (χ0) is 22.9. The summed E-state index contributed by atoms with van der Waals surface area (Å²) < 4.78 is 16.9. The van der Waals surface area contributed by atoms with Crippen molar-refractivity contribution in [3.8, 4) is 22.8 Å². The lowest BCUT2D eigenvalue weighted by Gasteiger charge is -2.26. The minimum atomic E-state index is -0.364. The molecule has 4 aromatic rings. The first-order valence-corrected chi connectivity index (χ1v) is 10.9. The third-order valence-electron chi connectivity index (χ3n) is 5.90. The number of nitrogens with one attached hydrogen (secondary N) is 1. The monoisotopic (exact) mass is 443 g/mol. The molecule has 1 aliphatic rings. The molecule has 1 atom stereocenters. The predicted molar refractivity (Wildman–Crippen MR) is 123 cm³/mol. The van der Waals surface area contributed by atoms with Gasteiger partial charge in [0.25, 0.3) is 5.91 Å². The van der Waals surface area contributed by atoms with Crippen molar-refractivity contribution >= 4 is 5.91 Å². The first-order valence-electron chi connectivity index (χ1n) is 10.9. The van der Waals surface area contributed by atoms with E-state index in [2.05, 4.69) is 10.2 Å². The number of rotatable bonds is 7. The molecule has 3 heterocycles. The molecule has 0 radical (unpaired) electrons. The fourth-order valence-corrected chi connectivity index (χ4v) is 4.34.